The molecule has 2 unspecified atom stereocenters. The van der Waals surface area contributed by atoms with Crippen molar-refractivity contribution in [2.24, 2.45) is 0 Å². The molecule has 482 valence electrons. The van der Waals surface area contributed by atoms with Gasteiger partial charge in [-0.05, 0) is 32.1 Å². The van der Waals surface area contributed by atoms with E-state index in [-0.39, 0.29) is 18.5 Å². The van der Waals surface area contributed by atoms with Crippen LogP contribution in [0.4, 0.5) is 0 Å². The zero-order chi connectivity index (χ0) is 58.5. The molecule has 0 fully saturated rings. The third-order valence-corrected chi connectivity index (χ3v) is 17.8. The second kappa shape index (κ2) is 71.1. The predicted molar refractivity (Wildman–Crippen MR) is 357 cm³/mol. The highest BCUT2D eigenvalue weighted by atomic mass is 16.5. The molecule has 0 rings (SSSR count). The predicted octanol–water partition coefficient (Wildman–Crippen LogP) is 24.3. The lowest BCUT2D eigenvalue weighted by atomic mass is 10.0. The summed E-state index contributed by atoms with van der Waals surface area (Å²) in [5.41, 5.74) is 0. The summed E-state index contributed by atoms with van der Waals surface area (Å²) in [5, 5.41) is 23.3. The van der Waals surface area contributed by atoms with Gasteiger partial charge in [-0.2, -0.15) is 0 Å². The number of esters is 1. The van der Waals surface area contributed by atoms with E-state index < -0.39 is 12.1 Å². The van der Waals surface area contributed by atoms with Crippen LogP contribution >= 0.6 is 0 Å². The van der Waals surface area contributed by atoms with Crippen molar-refractivity contribution < 1.29 is 24.5 Å². The molecule has 0 heterocycles. The molecular weight excluding hydrogens is 995 g/mol. The molecule has 0 aliphatic carbocycles. The molecule has 0 saturated heterocycles. The lowest BCUT2D eigenvalue weighted by Gasteiger charge is -2.20. The highest BCUT2D eigenvalue weighted by Crippen LogP contribution is 2.20. The Labute approximate surface area is 508 Å². The van der Waals surface area contributed by atoms with E-state index in [2.05, 4.69) is 19.2 Å². The first-order chi connectivity index (χ1) is 40.0. The molecule has 0 aliphatic heterocycles. The fourth-order valence-electron chi connectivity index (χ4n) is 12.1. The maximum Gasteiger partial charge on any atom is 0.305 e. The number of nitrogens with one attached hydrogen (secondary N) is 1. The average Bonchev–Trinajstić information content (AvgIpc) is 3.47. The zero-order valence-electron chi connectivity index (χ0n) is 55.3. The summed E-state index contributed by atoms with van der Waals surface area (Å²) in [6.45, 7) is 4.96. The summed E-state index contributed by atoms with van der Waals surface area (Å²) in [6.07, 6.45) is 88.8. The van der Waals surface area contributed by atoms with Gasteiger partial charge >= 0.3 is 5.97 Å². The zero-order valence-corrected chi connectivity index (χ0v) is 55.3. The van der Waals surface area contributed by atoms with Crippen molar-refractivity contribution in [1.82, 2.24) is 5.32 Å². The summed E-state index contributed by atoms with van der Waals surface area (Å²) < 4.78 is 5.52. The Bertz CT molecular complexity index is 1220. The van der Waals surface area contributed by atoms with E-state index in [0.717, 1.165) is 38.5 Å². The molecule has 81 heavy (non-hydrogen) atoms. The summed E-state index contributed by atoms with van der Waals surface area (Å²) in [7, 11) is 0. The fraction of sp³-hybridized carbons (Fsp3) is 0.947. The topological polar surface area (TPSA) is 95.9 Å². The summed E-state index contributed by atoms with van der Waals surface area (Å²) >= 11 is 0. The number of aliphatic hydroxyl groups is 2. The lowest BCUT2D eigenvalue weighted by Crippen LogP contribution is -2.45. The molecule has 3 N–H and O–H groups in total. The quantitative estimate of drug-likeness (QED) is 0.0320. The Kier molecular flexibility index (Phi) is 69.9. The standard InChI is InChI=1S/C75H147NO5/c1-3-5-7-9-11-13-15-17-19-21-23-32-35-39-43-47-51-55-59-63-67-73(78)72(71-77)76-74(79)68-64-60-56-52-48-44-40-36-33-30-28-26-24-25-27-29-31-34-38-42-46-50-54-58-62-66-70-81-75(80)69-65-61-57-53-49-45-41-37-22-20-18-16-14-12-10-8-6-4-2/h63,67,72-73,77-78H,3-62,64-66,68-71H2,1-2H3,(H,76,79)/b67-63+. The number of unbranched alkanes of at least 4 members (excludes halogenated alkanes) is 60. The first kappa shape index (κ1) is 79.6. The summed E-state index contributed by atoms with van der Waals surface area (Å²) in [6, 6.07) is -0.626. The Morgan fingerprint density at radius 2 is 0.568 bits per heavy atom. The number of allylic oxidation sites excluding steroid dienone is 1. The molecule has 0 aromatic heterocycles. The Hall–Kier alpha value is -1.40. The molecule has 6 nitrogen and oxygen atoms in total. The van der Waals surface area contributed by atoms with Gasteiger partial charge in [-0.1, -0.05) is 398 Å². The second-order valence-electron chi connectivity index (χ2n) is 26.0. The van der Waals surface area contributed by atoms with E-state index in [1.165, 1.54) is 366 Å². The van der Waals surface area contributed by atoms with Crippen LogP contribution in [0.3, 0.4) is 0 Å². The van der Waals surface area contributed by atoms with Gasteiger partial charge in [0.25, 0.3) is 0 Å². The molecule has 0 spiro atoms. The van der Waals surface area contributed by atoms with Gasteiger partial charge < -0.3 is 20.3 Å². The van der Waals surface area contributed by atoms with E-state index in [4.69, 9.17) is 4.74 Å². The number of carbonyl (C=O) groups excluding carboxylic acids is 2. The summed E-state index contributed by atoms with van der Waals surface area (Å²) in [4.78, 5) is 24.6. The minimum absolute atomic E-state index is 0.0225. The molecule has 0 aliphatic rings. The smallest absolute Gasteiger partial charge is 0.305 e. The number of amides is 1. The van der Waals surface area contributed by atoms with Crippen molar-refractivity contribution >= 4 is 11.9 Å². The molecule has 1 amide bonds. The lowest BCUT2D eigenvalue weighted by molar-refractivity contribution is -0.143. The normalized spacial score (nSPS) is 12.5. The van der Waals surface area contributed by atoms with Gasteiger partial charge in [0.15, 0.2) is 0 Å². The highest BCUT2D eigenvalue weighted by Gasteiger charge is 2.18. The first-order valence-electron chi connectivity index (χ1n) is 37.5. The third-order valence-electron chi connectivity index (χ3n) is 17.8. The number of carbonyl (C=O) groups is 2. The minimum Gasteiger partial charge on any atom is -0.466 e. The van der Waals surface area contributed by atoms with Gasteiger partial charge in [0.05, 0.1) is 25.4 Å². The second-order valence-corrected chi connectivity index (χ2v) is 26.0. The molecule has 0 aromatic carbocycles. The van der Waals surface area contributed by atoms with E-state index >= 15 is 0 Å². The number of ether oxygens (including phenoxy) is 1. The fourth-order valence-corrected chi connectivity index (χ4v) is 12.1. The van der Waals surface area contributed by atoms with E-state index in [1.54, 1.807) is 6.08 Å². The van der Waals surface area contributed by atoms with Crippen molar-refractivity contribution in [3.8, 4) is 0 Å². The average molecular weight is 1140 g/mol. The van der Waals surface area contributed by atoms with Crippen LogP contribution in [0.2, 0.25) is 0 Å². The van der Waals surface area contributed by atoms with E-state index in [9.17, 15) is 19.8 Å². The number of rotatable bonds is 71. The summed E-state index contributed by atoms with van der Waals surface area (Å²) in [5.74, 6) is -0.0384. The van der Waals surface area contributed by atoms with Crippen LogP contribution in [0.15, 0.2) is 12.2 Å². The maximum atomic E-state index is 12.5. The van der Waals surface area contributed by atoms with Crippen LogP contribution in [0, 0.1) is 0 Å². The van der Waals surface area contributed by atoms with Gasteiger partial charge in [0.1, 0.15) is 0 Å². The Morgan fingerprint density at radius 3 is 0.840 bits per heavy atom. The van der Waals surface area contributed by atoms with Gasteiger partial charge in [0, 0.05) is 12.8 Å². The van der Waals surface area contributed by atoms with Gasteiger partial charge in [-0.15, -0.1) is 0 Å². The minimum atomic E-state index is -0.843. The van der Waals surface area contributed by atoms with Crippen LogP contribution < -0.4 is 5.32 Å². The van der Waals surface area contributed by atoms with Crippen molar-refractivity contribution in [3.63, 3.8) is 0 Å². The maximum absolute atomic E-state index is 12.5. The number of hydrogen-bond acceptors (Lipinski definition) is 5. The van der Waals surface area contributed by atoms with Crippen molar-refractivity contribution in [3.05, 3.63) is 12.2 Å². The van der Waals surface area contributed by atoms with Gasteiger partial charge in [-0.3, -0.25) is 9.59 Å². The van der Waals surface area contributed by atoms with Crippen LogP contribution in [-0.4, -0.2) is 47.4 Å². The van der Waals surface area contributed by atoms with E-state index in [1.807, 2.05) is 6.08 Å². The monoisotopic (exact) mass is 1140 g/mol. The molecule has 0 aromatic rings. The Balaban J connectivity index is 3.35. The third kappa shape index (κ3) is 67.6. The van der Waals surface area contributed by atoms with Crippen LogP contribution in [0.1, 0.15) is 431 Å². The highest BCUT2D eigenvalue weighted by molar-refractivity contribution is 5.76. The molecule has 0 saturated carbocycles. The molecule has 0 radical (unpaired) electrons. The number of hydrogen-bond donors (Lipinski definition) is 3. The van der Waals surface area contributed by atoms with Crippen LogP contribution in [-0.2, 0) is 14.3 Å². The van der Waals surface area contributed by atoms with Crippen molar-refractivity contribution in [1.29, 1.82) is 0 Å². The molecular formula is C75H147NO5. The Morgan fingerprint density at radius 1 is 0.333 bits per heavy atom. The van der Waals surface area contributed by atoms with Gasteiger partial charge in [-0.25, -0.2) is 0 Å². The number of aliphatic hydroxyl groups excluding tert-OH is 2. The van der Waals surface area contributed by atoms with E-state index in [0.29, 0.717) is 19.4 Å². The molecule has 6 heteroatoms. The van der Waals surface area contributed by atoms with Crippen molar-refractivity contribution in [2.45, 2.75) is 443 Å². The largest absolute Gasteiger partial charge is 0.466 e. The molecule has 2 atom stereocenters. The van der Waals surface area contributed by atoms with Crippen molar-refractivity contribution in [2.75, 3.05) is 13.2 Å². The molecule has 0 bridgehead atoms. The van der Waals surface area contributed by atoms with Crippen LogP contribution in [0.25, 0.3) is 0 Å². The van der Waals surface area contributed by atoms with Crippen LogP contribution in [0.5, 0.6) is 0 Å². The SMILES string of the molecule is CCCCCCCCCCCCCCCCCCCC/C=C/C(O)C(CO)NC(=O)CCCCCCCCCCCCCCCCCCCCCCCCCCCCOC(=O)CCCCCCCCCCCCCCCCCCCC. The van der Waals surface area contributed by atoms with Gasteiger partial charge in [0.2, 0.25) is 5.91 Å². The first-order valence-corrected chi connectivity index (χ1v) is 37.5.